The summed E-state index contributed by atoms with van der Waals surface area (Å²) in [5.74, 6) is 0. The molecule has 15 heavy (non-hydrogen) atoms. The van der Waals surface area contributed by atoms with Crippen molar-refractivity contribution in [3.05, 3.63) is 12.7 Å². The van der Waals surface area contributed by atoms with Gasteiger partial charge >= 0.3 is 0 Å². The summed E-state index contributed by atoms with van der Waals surface area (Å²) in [7, 11) is 4.27. The molecule has 1 unspecified atom stereocenters. The van der Waals surface area contributed by atoms with Gasteiger partial charge in [-0.1, -0.05) is 6.08 Å². The van der Waals surface area contributed by atoms with Crippen molar-refractivity contribution in [2.75, 3.05) is 40.3 Å². The van der Waals surface area contributed by atoms with Crippen LogP contribution in [0.4, 0.5) is 0 Å². The van der Waals surface area contributed by atoms with E-state index in [1.807, 2.05) is 6.08 Å². The van der Waals surface area contributed by atoms with E-state index in [2.05, 4.69) is 49.6 Å². The quantitative estimate of drug-likeness (QED) is 0.694. The number of hydrogen-bond donors (Lipinski definition) is 1. The van der Waals surface area contributed by atoms with Gasteiger partial charge < -0.3 is 10.2 Å². The van der Waals surface area contributed by atoms with Crippen LogP contribution >= 0.6 is 0 Å². The predicted octanol–water partition coefficient (Wildman–Crippen LogP) is 0.786. The fourth-order valence-corrected chi connectivity index (χ4v) is 2.37. The molecule has 88 valence electrons. The minimum Gasteiger partial charge on any atom is -0.313 e. The largest absolute Gasteiger partial charge is 0.313 e. The molecule has 0 aromatic carbocycles. The molecule has 1 aliphatic heterocycles. The molecule has 0 saturated carbocycles. The topological polar surface area (TPSA) is 18.5 Å². The lowest BCUT2D eigenvalue weighted by atomic mass is 9.96. The molecule has 3 nitrogen and oxygen atoms in total. The molecule has 1 N–H and O–H groups in total. The third-order valence-corrected chi connectivity index (χ3v) is 3.06. The average Bonchev–Trinajstić information content (AvgIpc) is 2.10. The van der Waals surface area contributed by atoms with Gasteiger partial charge in [0.15, 0.2) is 0 Å². The number of nitrogens with zero attached hydrogens (tertiary/aromatic N) is 2. The Labute approximate surface area is 94.1 Å². The maximum atomic E-state index is 3.86. The van der Waals surface area contributed by atoms with Gasteiger partial charge in [0.1, 0.15) is 0 Å². The van der Waals surface area contributed by atoms with Crippen LogP contribution in [0.25, 0.3) is 0 Å². The van der Waals surface area contributed by atoms with Gasteiger partial charge in [-0.3, -0.25) is 4.90 Å². The molecule has 0 aromatic heterocycles. The minimum absolute atomic E-state index is 0.229. The first kappa shape index (κ1) is 12.7. The Morgan fingerprint density at radius 3 is 2.73 bits per heavy atom. The molecule has 0 radical (unpaired) electrons. The SMILES string of the molecule is C=CCN1C(CN(C)C)CNCC1(C)C. The van der Waals surface area contributed by atoms with E-state index in [1.54, 1.807) is 0 Å². The Morgan fingerprint density at radius 2 is 2.20 bits per heavy atom. The third-order valence-electron chi connectivity index (χ3n) is 3.06. The van der Waals surface area contributed by atoms with Crippen LogP contribution < -0.4 is 5.32 Å². The van der Waals surface area contributed by atoms with E-state index < -0.39 is 0 Å². The van der Waals surface area contributed by atoms with E-state index in [1.165, 1.54) is 0 Å². The Bertz CT molecular complexity index is 211. The van der Waals surface area contributed by atoms with Crippen molar-refractivity contribution in [2.45, 2.75) is 25.4 Å². The van der Waals surface area contributed by atoms with Crippen LogP contribution in [0.1, 0.15) is 13.8 Å². The van der Waals surface area contributed by atoms with Gasteiger partial charge in [0.25, 0.3) is 0 Å². The second kappa shape index (κ2) is 5.10. The number of hydrogen-bond acceptors (Lipinski definition) is 3. The second-order valence-corrected chi connectivity index (χ2v) is 5.30. The number of rotatable bonds is 4. The van der Waals surface area contributed by atoms with Crippen LogP contribution in [0.5, 0.6) is 0 Å². The lowest BCUT2D eigenvalue weighted by Gasteiger charge is -2.48. The van der Waals surface area contributed by atoms with Crippen molar-refractivity contribution in [1.82, 2.24) is 15.1 Å². The van der Waals surface area contributed by atoms with Crippen molar-refractivity contribution >= 4 is 0 Å². The molecule has 1 saturated heterocycles. The molecular weight excluding hydrogens is 186 g/mol. The predicted molar refractivity (Wildman–Crippen MR) is 66.2 cm³/mol. The molecule has 1 aliphatic rings. The van der Waals surface area contributed by atoms with Crippen LogP contribution in [0.3, 0.4) is 0 Å². The maximum Gasteiger partial charge on any atom is 0.0356 e. The molecule has 1 atom stereocenters. The highest BCUT2D eigenvalue weighted by molar-refractivity contribution is 4.97. The lowest BCUT2D eigenvalue weighted by molar-refractivity contribution is 0.0369. The summed E-state index contributed by atoms with van der Waals surface area (Å²) in [5.41, 5.74) is 0.229. The van der Waals surface area contributed by atoms with Crippen LogP contribution in [-0.4, -0.2) is 61.7 Å². The fourth-order valence-electron chi connectivity index (χ4n) is 2.37. The molecule has 0 bridgehead atoms. The standard InChI is InChI=1S/C12H25N3/c1-6-7-15-11(9-14(4)5)8-13-10-12(15,2)3/h6,11,13H,1,7-10H2,2-5H3. The van der Waals surface area contributed by atoms with Crippen LogP contribution in [-0.2, 0) is 0 Å². The van der Waals surface area contributed by atoms with Gasteiger partial charge in [-0.05, 0) is 27.9 Å². The summed E-state index contributed by atoms with van der Waals surface area (Å²) < 4.78 is 0. The second-order valence-electron chi connectivity index (χ2n) is 5.30. The number of nitrogens with one attached hydrogen (secondary N) is 1. The molecule has 0 amide bonds. The first-order valence-corrected chi connectivity index (χ1v) is 5.70. The highest BCUT2D eigenvalue weighted by Crippen LogP contribution is 2.20. The zero-order valence-electron chi connectivity index (χ0n) is 10.6. The summed E-state index contributed by atoms with van der Waals surface area (Å²) >= 11 is 0. The molecule has 0 aromatic rings. The first-order valence-electron chi connectivity index (χ1n) is 5.70. The van der Waals surface area contributed by atoms with Crippen molar-refractivity contribution in [1.29, 1.82) is 0 Å². The fraction of sp³-hybridized carbons (Fsp3) is 0.833. The molecule has 1 fully saturated rings. The van der Waals surface area contributed by atoms with Gasteiger partial charge in [0, 0.05) is 37.8 Å². The molecule has 1 heterocycles. The highest BCUT2D eigenvalue weighted by Gasteiger charge is 2.35. The molecule has 3 heteroatoms. The normalized spacial score (nSPS) is 26.9. The summed E-state index contributed by atoms with van der Waals surface area (Å²) in [6.07, 6.45) is 2.01. The summed E-state index contributed by atoms with van der Waals surface area (Å²) in [6, 6.07) is 0.585. The Balaban J connectivity index is 2.70. The van der Waals surface area contributed by atoms with Gasteiger partial charge in [-0.15, -0.1) is 6.58 Å². The van der Waals surface area contributed by atoms with E-state index in [4.69, 9.17) is 0 Å². The Morgan fingerprint density at radius 1 is 1.53 bits per heavy atom. The Kier molecular flexibility index (Phi) is 4.32. The highest BCUT2D eigenvalue weighted by atomic mass is 15.3. The van der Waals surface area contributed by atoms with Gasteiger partial charge in [0.05, 0.1) is 0 Å². The summed E-state index contributed by atoms with van der Waals surface area (Å²) in [6.45, 7) is 12.7. The van der Waals surface area contributed by atoms with E-state index in [9.17, 15) is 0 Å². The molecular formula is C12H25N3. The van der Waals surface area contributed by atoms with Crippen molar-refractivity contribution in [2.24, 2.45) is 0 Å². The number of likely N-dealkylation sites (N-methyl/N-ethyl adjacent to an activating group) is 1. The average molecular weight is 211 g/mol. The van der Waals surface area contributed by atoms with E-state index in [0.717, 1.165) is 26.2 Å². The van der Waals surface area contributed by atoms with E-state index in [-0.39, 0.29) is 5.54 Å². The first-order chi connectivity index (χ1) is 6.97. The minimum atomic E-state index is 0.229. The zero-order chi connectivity index (χ0) is 11.5. The van der Waals surface area contributed by atoms with Crippen molar-refractivity contribution < 1.29 is 0 Å². The van der Waals surface area contributed by atoms with Gasteiger partial charge in [-0.25, -0.2) is 0 Å². The maximum absolute atomic E-state index is 3.86. The molecule has 1 rings (SSSR count). The smallest absolute Gasteiger partial charge is 0.0356 e. The zero-order valence-corrected chi connectivity index (χ0v) is 10.6. The summed E-state index contributed by atoms with van der Waals surface area (Å²) in [4.78, 5) is 4.81. The Hall–Kier alpha value is -0.380. The van der Waals surface area contributed by atoms with Crippen LogP contribution in [0, 0.1) is 0 Å². The van der Waals surface area contributed by atoms with Crippen molar-refractivity contribution in [3.63, 3.8) is 0 Å². The van der Waals surface area contributed by atoms with E-state index in [0.29, 0.717) is 6.04 Å². The van der Waals surface area contributed by atoms with Gasteiger partial charge in [-0.2, -0.15) is 0 Å². The monoisotopic (exact) mass is 211 g/mol. The van der Waals surface area contributed by atoms with E-state index >= 15 is 0 Å². The van der Waals surface area contributed by atoms with Crippen molar-refractivity contribution in [3.8, 4) is 0 Å². The van der Waals surface area contributed by atoms with Crippen LogP contribution in [0.2, 0.25) is 0 Å². The van der Waals surface area contributed by atoms with Crippen LogP contribution in [0.15, 0.2) is 12.7 Å². The lowest BCUT2D eigenvalue weighted by Crippen LogP contribution is -2.64. The third kappa shape index (κ3) is 3.30. The summed E-state index contributed by atoms with van der Waals surface area (Å²) in [5, 5.41) is 3.52. The number of piperazine rings is 1. The molecule has 0 aliphatic carbocycles. The molecule has 0 spiro atoms. The van der Waals surface area contributed by atoms with Gasteiger partial charge in [0.2, 0.25) is 0 Å².